The number of carboxylic acids is 1. The summed E-state index contributed by atoms with van der Waals surface area (Å²) in [5.41, 5.74) is 0. The zero-order chi connectivity index (χ0) is 15.4. The van der Waals surface area contributed by atoms with E-state index in [0.29, 0.717) is 12.6 Å². The minimum atomic E-state index is -0.929. The minimum absolute atomic E-state index is 0.0157. The number of hydrogen-bond acceptors (Lipinski definition) is 4. The number of aliphatic carboxylic acids is 1. The monoisotopic (exact) mass is 297 g/mol. The molecule has 1 amide bonds. The largest absolute Gasteiger partial charge is 0.480 e. The first kappa shape index (κ1) is 16.2. The van der Waals surface area contributed by atoms with Crippen LogP contribution < -0.4 is 0 Å². The molecule has 2 saturated heterocycles. The van der Waals surface area contributed by atoms with Gasteiger partial charge in [0, 0.05) is 19.1 Å². The van der Waals surface area contributed by atoms with Crippen molar-refractivity contribution in [3.8, 4) is 0 Å². The SMILES string of the molecule is CN1CCCC1CN(C)C1CCCCN(CC(=O)O)C1=O. The first-order chi connectivity index (χ1) is 9.99. The highest BCUT2D eigenvalue weighted by Gasteiger charge is 2.33. The molecule has 120 valence electrons. The van der Waals surface area contributed by atoms with Crippen LogP contribution in [0.25, 0.3) is 0 Å². The Morgan fingerprint density at radius 3 is 2.67 bits per heavy atom. The van der Waals surface area contributed by atoms with Gasteiger partial charge in [0.25, 0.3) is 0 Å². The molecule has 2 rings (SSSR count). The Balaban J connectivity index is 1.98. The molecule has 2 heterocycles. The van der Waals surface area contributed by atoms with E-state index in [0.717, 1.165) is 32.4 Å². The molecule has 2 aliphatic heterocycles. The van der Waals surface area contributed by atoms with Crippen LogP contribution in [0, 0.1) is 0 Å². The number of nitrogens with zero attached hydrogens (tertiary/aromatic N) is 3. The number of rotatable bonds is 5. The van der Waals surface area contributed by atoms with E-state index in [9.17, 15) is 9.59 Å². The highest BCUT2D eigenvalue weighted by atomic mass is 16.4. The molecule has 0 saturated carbocycles. The molecule has 6 heteroatoms. The third kappa shape index (κ3) is 4.17. The second-order valence-corrected chi connectivity index (χ2v) is 6.38. The van der Waals surface area contributed by atoms with Gasteiger partial charge in [-0.15, -0.1) is 0 Å². The van der Waals surface area contributed by atoms with Crippen LogP contribution in [0.5, 0.6) is 0 Å². The van der Waals surface area contributed by atoms with Gasteiger partial charge in [0.2, 0.25) is 5.91 Å². The van der Waals surface area contributed by atoms with E-state index in [1.165, 1.54) is 17.7 Å². The van der Waals surface area contributed by atoms with E-state index in [1.54, 1.807) is 0 Å². The van der Waals surface area contributed by atoms with Gasteiger partial charge in [0.15, 0.2) is 0 Å². The van der Waals surface area contributed by atoms with Gasteiger partial charge >= 0.3 is 5.97 Å². The van der Waals surface area contributed by atoms with Crippen LogP contribution in [0.3, 0.4) is 0 Å². The van der Waals surface area contributed by atoms with E-state index in [4.69, 9.17) is 5.11 Å². The van der Waals surface area contributed by atoms with Gasteiger partial charge in [0.1, 0.15) is 6.54 Å². The number of carbonyl (C=O) groups is 2. The highest BCUT2D eigenvalue weighted by molar-refractivity contribution is 5.85. The van der Waals surface area contributed by atoms with Crippen LogP contribution in [0.4, 0.5) is 0 Å². The van der Waals surface area contributed by atoms with Crippen LogP contribution in [-0.4, -0.2) is 84.0 Å². The predicted octanol–water partition coefficient (Wildman–Crippen LogP) is 0.478. The molecular weight excluding hydrogens is 270 g/mol. The Morgan fingerprint density at radius 1 is 1.29 bits per heavy atom. The van der Waals surface area contributed by atoms with Crippen LogP contribution in [-0.2, 0) is 9.59 Å². The van der Waals surface area contributed by atoms with Crippen molar-refractivity contribution in [3.05, 3.63) is 0 Å². The van der Waals surface area contributed by atoms with Gasteiger partial charge in [-0.05, 0) is 52.7 Å². The first-order valence-electron chi connectivity index (χ1n) is 7.90. The second-order valence-electron chi connectivity index (χ2n) is 6.38. The number of hydrogen-bond donors (Lipinski definition) is 1. The summed E-state index contributed by atoms with van der Waals surface area (Å²) in [6, 6.07) is 0.347. The van der Waals surface area contributed by atoms with E-state index < -0.39 is 5.97 Å². The molecule has 2 fully saturated rings. The zero-order valence-corrected chi connectivity index (χ0v) is 13.1. The van der Waals surface area contributed by atoms with Crippen molar-refractivity contribution in [2.24, 2.45) is 0 Å². The van der Waals surface area contributed by atoms with Crippen molar-refractivity contribution in [1.82, 2.24) is 14.7 Å². The third-order valence-electron chi connectivity index (χ3n) is 4.78. The molecule has 0 radical (unpaired) electrons. The number of likely N-dealkylation sites (N-methyl/N-ethyl adjacent to an activating group) is 2. The average Bonchev–Trinajstić information content (AvgIpc) is 2.72. The molecule has 0 spiro atoms. The quantitative estimate of drug-likeness (QED) is 0.799. The molecule has 2 unspecified atom stereocenters. The molecule has 2 atom stereocenters. The maximum atomic E-state index is 12.6. The maximum Gasteiger partial charge on any atom is 0.323 e. The Labute approximate surface area is 126 Å². The summed E-state index contributed by atoms with van der Waals surface area (Å²) in [6.07, 6.45) is 5.12. The Hall–Kier alpha value is -1.14. The van der Waals surface area contributed by atoms with E-state index in [2.05, 4.69) is 16.8 Å². The molecule has 21 heavy (non-hydrogen) atoms. The molecule has 0 aliphatic carbocycles. The summed E-state index contributed by atoms with van der Waals surface area (Å²) in [7, 11) is 4.14. The fourth-order valence-electron chi connectivity index (χ4n) is 3.48. The summed E-state index contributed by atoms with van der Waals surface area (Å²) < 4.78 is 0. The maximum absolute atomic E-state index is 12.6. The van der Waals surface area contributed by atoms with Crippen LogP contribution in [0.2, 0.25) is 0 Å². The van der Waals surface area contributed by atoms with E-state index >= 15 is 0 Å². The van der Waals surface area contributed by atoms with Crippen LogP contribution in [0.15, 0.2) is 0 Å². The molecule has 0 aromatic rings. The van der Waals surface area contributed by atoms with Crippen molar-refractivity contribution in [2.45, 2.75) is 44.2 Å². The standard InChI is InChI=1S/C15H27N3O3/c1-16-8-5-6-12(16)10-17(2)13-7-3-4-9-18(15(13)21)11-14(19)20/h12-13H,3-11H2,1-2H3,(H,19,20). The predicted molar refractivity (Wildman–Crippen MR) is 80.1 cm³/mol. The van der Waals surface area contributed by atoms with Crippen LogP contribution in [0.1, 0.15) is 32.1 Å². The number of amides is 1. The van der Waals surface area contributed by atoms with Gasteiger partial charge in [-0.25, -0.2) is 0 Å². The van der Waals surface area contributed by atoms with E-state index in [-0.39, 0.29) is 18.5 Å². The molecule has 0 aromatic carbocycles. The normalized spacial score (nSPS) is 28.1. The lowest BCUT2D eigenvalue weighted by Crippen LogP contribution is -2.50. The van der Waals surface area contributed by atoms with Gasteiger partial charge in [0.05, 0.1) is 6.04 Å². The van der Waals surface area contributed by atoms with Gasteiger partial charge in [-0.2, -0.15) is 0 Å². The minimum Gasteiger partial charge on any atom is -0.480 e. The summed E-state index contributed by atoms with van der Waals surface area (Å²) in [4.78, 5) is 29.5. The topological polar surface area (TPSA) is 64.1 Å². The molecular formula is C15H27N3O3. The van der Waals surface area contributed by atoms with Crippen molar-refractivity contribution in [1.29, 1.82) is 0 Å². The zero-order valence-electron chi connectivity index (χ0n) is 13.1. The van der Waals surface area contributed by atoms with Gasteiger partial charge < -0.3 is 14.9 Å². The second kappa shape index (κ2) is 7.22. The first-order valence-corrected chi connectivity index (χ1v) is 7.90. The Morgan fingerprint density at radius 2 is 2.05 bits per heavy atom. The fraction of sp³-hybridized carbons (Fsp3) is 0.867. The Kier molecular flexibility index (Phi) is 5.58. The third-order valence-corrected chi connectivity index (χ3v) is 4.78. The average molecular weight is 297 g/mol. The number of carboxylic acid groups (broad SMARTS) is 1. The van der Waals surface area contributed by atoms with Gasteiger partial charge in [-0.1, -0.05) is 0 Å². The van der Waals surface area contributed by atoms with Crippen molar-refractivity contribution >= 4 is 11.9 Å². The number of carbonyl (C=O) groups excluding carboxylic acids is 1. The van der Waals surface area contributed by atoms with Crippen molar-refractivity contribution in [3.63, 3.8) is 0 Å². The molecule has 0 bridgehead atoms. The highest BCUT2D eigenvalue weighted by Crippen LogP contribution is 2.20. The van der Waals surface area contributed by atoms with Crippen molar-refractivity contribution in [2.75, 3.05) is 40.3 Å². The lowest BCUT2D eigenvalue weighted by atomic mass is 10.1. The van der Waals surface area contributed by atoms with Gasteiger partial charge in [-0.3, -0.25) is 14.5 Å². The molecule has 1 N–H and O–H groups in total. The Bertz CT molecular complexity index is 388. The molecule has 6 nitrogen and oxygen atoms in total. The lowest BCUT2D eigenvalue weighted by molar-refractivity contribution is -0.146. The fourth-order valence-corrected chi connectivity index (χ4v) is 3.48. The summed E-state index contributed by atoms with van der Waals surface area (Å²) in [5, 5.41) is 8.95. The van der Waals surface area contributed by atoms with E-state index in [1.807, 2.05) is 7.05 Å². The molecule has 2 aliphatic rings. The molecule has 0 aromatic heterocycles. The summed E-state index contributed by atoms with van der Waals surface area (Å²) in [6.45, 7) is 2.40. The number of likely N-dealkylation sites (tertiary alicyclic amines) is 2. The summed E-state index contributed by atoms with van der Waals surface area (Å²) in [5.74, 6) is -0.944. The smallest absolute Gasteiger partial charge is 0.323 e. The van der Waals surface area contributed by atoms with Crippen molar-refractivity contribution < 1.29 is 14.7 Å². The lowest BCUT2D eigenvalue weighted by Gasteiger charge is -2.32. The summed E-state index contributed by atoms with van der Waals surface area (Å²) >= 11 is 0. The van der Waals surface area contributed by atoms with Crippen LogP contribution >= 0.6 is 0 Å².